The summed E-state index contributed by atoms with van der Waals surface area (Å²) in [6.45, 7) is 6.92. The van der Waals surface area contributed by atoms with Gasteiger partial charge in [-0.1, -0.05) is 98.7 Å². The number of rotatable bonds is 6. The maximum atomic E-state index is 12.4. The van der Waals surface area contributed by atoms with E-state index in [1.165, 1.54) is 23.3 Å². The lowest BCUT2D eigenvalue weighted by molar-refractivity contribution is 0.103. The van der Waals surface area contributed by atoms with Crippen molar-refractivity contribution in [2.75, 3.05) is 0 Å². The van der Waals surface area contributed by atoms with E-state index in [1.54, 1.807) is 0 Å². The number of carbonyl (C=O) groups excluding carboxylic acids is 1. The molecule has 0 saturated heterocycles. The van der Waals surface area contributed by atoms with Gasteiger partial charge >= 0.3 is 0 Å². The average molecular weight is 296 g/mol. The van der Waals surface area contributed by atoms with Crippen molar-refractivity contribution in [2.45, 2.75) is 38.9 Å². The number of ketones is 1. The molecule has 0 fully saturated rings. The summed E-state index contributed by atoms with van der Waals surface area (Å²) < 4.78 is 0. The Labute approximate surface area is 129 Å². The lowest BCUT2D eigenvalue weighted by Gasteiger charge is -2.28. The zero-order chi connectivity index (χ0) is 15.3. The maximum absolute atomic E-state index is 12.4. The van der Waals surface area contributed by atoms with E-state index in [0.717, 1.165) is 11.1 Å². The normalized spacial score (nSPS) is 11.4. The first-order valence-electron chi connectivity index (χ1n) is 7.87. The second-order valence-corrected chi connectivity index (χ2v) is 10.9. The van der Waals surface area contributed by atoms with E-state index < -0.39 is 8.07 Å². The van der Waals surface area contributed by atoms with Crippen LogP contribution in [-0.4, -0.2) is 13.9 Å². The van der Waals surface area contributed by atoms with Gasteiger partial charge in [0.15, 0.2) is 5.78 Å². The fourth-order valence-corrected chi connectivity index (χ4v) is 6.69. The van der Waals surface area contributed by atoms with Gasteiger partial charge in [-0.05, 0) is 0 Å². The van der Waals surface area contributed by atoms with Crippen LogP contribution in [0.25, 0.3) is 0 Å². The van der Waals surface area contributed by atoms with Crippen molar-refractivity contribution in [1.29, 1.82) is 0 Å². The van der Waals surface area contributed by atoms with Gasteiger partial charge in [0.25, 0.3) is 0 Å². The third-order valence-electron chi connectivity index (χ3n) is 4.83. The molecule has 21 heavy (non-hydrogen) atoms. The van der Waals surface area contributed by atoms with Crippen LogP contribution in [0.1, 0.15) is 36.7 Å². The average Bonchev–Trinajstić information content (AvgIpc) is 2.58. The van der Waals surface area contributed by atoms with Gasteiger partial charge in [-0.2, -0.15) is 0 Å². The molecule has 1 nitrogen and oxygen atoms in total. The summed E-state index contributed by atoms with van der Waals surface area (Å²) in [5, 5.41) is 1.49. The zero-order valence-corrected chi connectivity index (χ0v) is 14.2. The summed E-state index contributed by atoms with van der Waals surface area (Å²) >= 11 is 0. The number of hydrogen-bond acceptors (Lipinski definition) is 1. The Bertz CT molecular complexity index is 574. The van der Waals surface area contributed by atoms with Crippen LogP contribution in [0.15, 0.2) is 54.6 Å². The van der Waals surface area contributed by atoms with Gasteiger partial charge in [0.1, 0.15) is 0 Å². The van der Waals surface area contributed by atoms with Gasteiger partial charge in [0.2, 0.25) is 0 Å². The largest absolute Gasteiger partial charge is 0.289 e. The van der Waals surface area contributed by atoms with Crippen molar-refractivity contribution in [3.05, 3.63) is 65.7 Å². The maximum Gasteiger partial charge on any atom is 0.193 e. The van der Waals surface area contributed by atoms with Crippen LogP contribution in [-0.2, 0) is 0 Å². The fourth-order valence-electron chi connectivity index (χ4n) is 3.09. The highest BCUT2D eigenvalue weighted by molar-refractivity contribution is 6.91. The van der Waals surface area contributed by atoms with Gasteiger partial charge in [-0.15, -0.1) is 0 Å². The molecular formula is C19H24OSi. The third kappa shape index (κ3) is 3.16. The lowest BCUT2D eigenvalue weighted by atomic mass is 10.0. The Balaban J connectivity index is 2.29. The molecule has 0 saturated carbocycles. The first kappa shape index (κ1) is 15.7. The van der Waals surface area contributed by atoms with Gasteiger partial charge in [0.05, 0.1) is 8.07 Å². The van der Waals surface area contributed by atoms with Crippen molar-refractivity contribution in [2.24, 2.45) is 0 Å². The standard InChI is InChI=1S/C19H24OSi/c1-4-21(5-2,6-3)18-14-12-17(13-15-18)19(20)16-10-8-7-9-11-16/h7-15H,4-6H2,1-3H3. The van der Waals surface area contributed by atoms with E-state index in [2.05, 4.69) is 32.9 Å². The highest BCUT2D eigenvalue weighted by Crippen LogP contribution is 2.20. The molecule has 0 aliphatic heterocycles. The van der Waals surface area contributed by atoms with E-state index in [4.69, 9.17) is 0 Å². The molecule has 0 heterocycles. The van der Waals surface area contributed by atoms with E-state index in [1.807, 2.05) is 42.5 Å². The second-order valence-electron chi connectivity index (χ2n) is 5.61. The fraction of sp³-hybridized carbons (Fsp3) is 0.316. The van der Waals surface area contributed by atoms with Crippen LogP contribution in [0.3, 0.4) is 0 Å². The Morgan fingerprint density at radius 2 is 1.24 bits per heavy atom. The zero-order valence-electron chi connectivity index (χ0n) is 13.2. The van der Waals surface area contributed by atoms with Crippen LogP contribution < -0.4 is 5.19 Å². The van der Waals surface area contributed by atoms with Crippen molar-refractivity contribution < 1.29 is 4.79 Å². The molecule has 0 aliphatic carbocycles. The van der Waals surface area contributed by atoms with Crippen LogP contribution in [0.4, 0.5) is 0 Å². The highest BCUT2D eigenvalue weighted by atomic mass is 28.3. The number of benzene rings is 2. The molecule has 0 unspecified atom stereocenters. The Morgan fingerprint density at radius 3 is 1.71 bits per heavy atom. The topological polar surface area (TPSA) is 17.1 Å². The Kier molecular flexibility index (Phi) is 5.13. The molecule has 0 atom stereocenters. The van der Waals surface area contributed by atoms with Gasteiger partial charge in [-0.25, -0.2) is 0 Å². The third-order valence-corrected chi connectivity index (χ3v) is 10.4. The molecule has 0 aromatic heterocycles. The molecule has 2 aromatic carbocycles. The first-order valence-corrected chi connectivity index (χ1v) is 10.5. The minimum Gasteiger partial charge on any atom is -0.289 e. The summed E-state index contributed by atoms with van der Waals surface area (Å²) in [5.74, 6) is 0.110. The molecule has 2 aromatic rings. The SMILES string of the molecule is CC[Si](CC)(CC)c1ccc(C(=O)c2ccccc2)cc1. The first-order chi connectivity index (χ1) is 10.2. The summed E-state index contributed by atoms with van der Waals surface area (Å²) in [7, 11) is -1.34. The van der Waals surface area contributed by atoms with Crippen molar-refractivity contribution in [3.63, 3.8) is 0 Å². The predicted molar refractivity (Wildman–Crippen MR) is 93.1 cm³/mol. The summed E-state index contributed by atoms with van der Waals surface area (Å²) in [6, 6.07) is 21.7. The lowest BCUT2D eigenvalue weighted by Crippen LogP contribution is -2.45. The summed E-state index contributed by atoms with van der Waals surface area (Å²) in [6.07, 6.45) is 0. The van der Waals surface area contributed by atoms with Crippen LogP contribution in [0.2, 0.25) is 18.1 Å². The Hall–Kier alpha value is -1.67. The minimum atomic E-state index is -1.34. The van der Waals surface area contributed by atoms with E-state index in [-0.39, 0.29) is 5.78 Å². The molecule has 0 amide bonds. The van der Waals surface area contributed by atoms with Gasteiger partial charge < -0.3 is 0 Å². The van der Waals surface area contributed by atoms with Crippen LogP contribution in [0, 0.1) is 0 Å². The Morgan fingerprint density at radius 1 is 0.762 bits per heavy atom. The van der Waals surface area contributed by atoms with Crippen molar-refractivity contribution in [1.82, 2.24) is 0 Å². The quantitative estimate of drug-likeness (QED) is 0.561. The molecule has 2 rings (SSSR count). The number of carbonyl (C=O) groups is 1. The molecule has 2 heteroatoms. The molecule has 0 N–H and O–H groups in total. The predicted octanol–water partition coefficient (Wildman–Crippen LogP) is 4.63. The van der Waals surface area contributed by atoms with E-state index in [9.17, 15) is 4.79 Å². The molecule has 0 aliphatic rings. The van der Waals surface area contributed by atoms with E-state index >= 15 is 0 Å². The van der Waals surface area contributed by atoms with Gasteiger partial charge in [0, 0.05) is 11.1 Å². The molecule has 0 bridgehead atoms. The minimum absolute atomic E-state index is 0.110. The van der Waals surface area contributed by atoms with E-state index in [0.29, 0.717) is 0 Å². The summed E-state index contributed by atoms with van der Waals surface area (Å²) in [4.78, 5) is 12.4. The highest BCUT2D eigenvalue weighted by Gasteiger charge is 2.28. The molecular weight excluding hydrogens is 272 g/mol. The van der Waals surface area contributed by atoms with Crippen molar-refractivity contribution in [3.8, 4) is 0 Å². The molecule has 0 radical (unpaired) electrons. The number of hydrogen-bond donors (Lipinski definition) is 0. The second kappa shape index (κ2) is 6.86. The monoisotopic (exact) mass is 296 g/mol. The van der Waals surface area contributed by atoms with Crippen LogP contribution >= 0.6 is 0 Å². The van der Waals surface area contributed by atoms with Crippen LogP contribution in [0.5, 0.6) is 0 Å². The van der Waals surface area contributed by atoms with Gasteiger partial charge in [-0.3, -0.25) is 4.79 Å². The smallest absolute Gasteiger partial charge is 0.193 e. The molecule has 110 valence electrons. The molecule has 0 spiro atoms. The van der Waals surface area contributed by atoms with Crippen molar-refractivity contribution >= 4 is 19.0 Å². The summed E-state index contributed by atoms with van der Waals surface area (Å²) in [5.41, 5.74) is 1.55.